The monoisotopic (exact) mass is 453 g/mol. The van der Waals surface area contributed by atoms with E-state index in [1.54, 1.807) is 29.4 Å². The minimum atomic E-state index is -0.131. The third-order valence-corrected chi connectivity index (χ3v) is 5.04. The lowest BCUT2D eigenvalue weighted by Crippen LogP contribution is -2.50. The number of nitrogens with one attached hydrogen (secondary N) is 1. The first-order valence-electron chi connectivity index (χ1n) is 9.29. The van der Waals surface area contributed by atoms with Crippen molar-refractivity contribution in [3.63, 3.8) is 0 Å². The van der Waals surface area contributed by atoms with Crippen molar-refractivity contribution in [3.8, 4) is 11.6 Å². The number of aromatic nitrogens is 2. The number of carbonyl (C=O) groups excluding carboxylic acids is 1. The molecule has 29 heavy (non-hydrogen) atoms. The second-order valence-corrected chi connectivity index (χ2v) is 7.45. The largest absolute Gasteiger partial charge is 0.439 e. The Morgan fingerprint density at radius 2 is 1.86 bits per heavy atom. The summed E-state index contributed by atoms with van der Waals surface area (Å²) in [5.74, 6) is 2.09. The van der Waals surface area contributed by atoms with Crippen LogP contribution in [-0.2, 0) is 0 Å². The van der Waals surface area contributed by atoms with Crippen molar-refractivity contribution in [2.75, 3.05) is 36.4 Å². The van der Waals surface area contributed by atoms with Crippen molar-refractivity contribution in [1.29, 1.82) is 0 Å². The van der Waals surface area contributed by atoms with Crippen LogP contribution in [0.5, 0.6) is 11.6 Å². The molecule has 148 valence electrons. The van der Waals surface area contributed by atoms with Gasteiger partial charge in [-0.3, -0.25) is 0 Å². The first kappa shape index (κ1) is 19.2. The Hall–Kier alpha value is -3.13. The lowest BCUT2D eigenvalue weighted by atomic mass is 10.3. The number of piperazine rings is 1. The summed E-state index contributed by atoms with van der Waals surface area (Å²) < 4.78 is 6.65. The minimum Gasteiger partial charge on any atom is -0.439 e. The van der Waals surface area contributed by atoms with Gasteiger partial charge in [0.05, 0.1) is 11.9 Å². The fourth-order valence-corrected chi connectivity index (χ4v) is 3.43. The summed E-state index contributed by atoms with van der Waals surface area (Å²) in [6.45, 7) is 2.78. The highest BCUT2D eigenvalue weighted by atomic mass is 79.9. The molecule has 0 spiro atoms. The van der Waals surface area contributed by atoms with E-state index in [0.29, 0.717) is 30.4 Å². The number of amides is 2. The minimum absolute atomic E-state index is 0.131. The molecule has 0 unspecified atom stereocenters. The van der Waals surface area contributed by atoms with Gasteiger partial charge in [-0.25, -0.2) is 14.8 Å². The zero-order chi connectivity index (χ0) is 20.1. The molecule has 4 rings (SSSR count). The molecule has 3 heterocycles. The number of hydrogen-bond donors (Lipinski definition) is 1. The Kier molecular flexibility index (Phi) is 5.90. The molecule has 7 nitrogen and oxygen atoms in total. The van der Waals surface area contributed by atoms with E-state index in [1.165, 1.54) is 0 Å². The molecule has 1 aliphatic heterocycles. The van der Waals surface area contributed by atoms with Gasteiger partial charge in [0.1, 0.15) is 11.6 Å². The van der Waals surface area contributed by atoms with Crippen LogP contribution in [0.15, 0.2) is 71.5 Å². The zero-order valence-electron chi connectivity index (χ0n) is 15.7. The van der Waals surface area contributed by atoms with Crippen molar-refractivity contribution < 1.29 is 9.53 Å². The molecule has 0 atom stereocenters. The maximum Gasteiger partial charge on any atom is 0.322 e. The second-order valence-electron chi connectivity index (χ2n) is 6.54. The molecule has 0 bridgehead atoms. The molecule has 1 N–H and O–H groups in total. The van der Waals surface area contributed by atoms with Gasteiger partial charge in [-0.1, -0.05) is 28.1 Å². The third kappa shape index (κ3) is 5.03. The lowest BCUT2D eigenvalue weighted by Gasteiger charge is -2.35. The Morgan fingerprint density at radius 3 is 2.55 bits per heavy atom. The van der Waals surface area contributed by atoms with Gasteiger partial charge >= 0.3 is 6.03 Å². The van der Waals surface area contributed by atoms with Crippen LogP contribution in [0, 0.1) is 0 Å². The molecule has 0 aliphatic carbocycles. The normalized spacial score (nSPS) is 13.8. The summed E-state index contributed by atoms with van der Waals surface area (Å²) in [6, 6.07) is 16.8. The maximum atomic E-state index is 12.5. The first-order chi connectivity index (χ1) is 14.2. The van der Waals surface area contributed by atoms with E-state index in [4.69, 9.17) is 4.74 Å². The van der Waals surface area contributed by atoms with Gasteiger partial charge in [-0.05, 0) is 36.4 Å². The molecule has 0 saturated carbocycles. The molecule has 1 saturated heterocycles. The van der Waals surface area contributed by atoms with Crippen molar-refractivity contribution >= 4 is 33.5 Å². The number of rotatable bonds is 4. The molecular formula is C21H20BrN5O2. The maximum absolute atomic E-state index is 12.5. The summed E-state index contributed by atoms with van der Waals surface area (Å²) in [4.78, 5) is 25.2. The summed E-state index contributed by atoms with van der Waals surface area (Å²) in [6.07, 6.45) is 3.38. The molecule has 3 aromatic rings. The molecular weight excluding hydrogens is 434 g/mol. The van der Waals surface area contributed by atoms with Crippen molar-refractivity contribution in [2.24, 2.45) is 0 Å². The molecule has 1 aliphatic rings. The first-order valence-corrected chi connectivity index (χ1v) is 10.1. The number of benzene rings is 1. The Morgan fingerprint density at radius 1 is 1.00 bits per heavy atom. The van der Waals surface area contributed by atoms with Crippen molar-refractivity contribution in [2.45, 2.75) is 0 Å². The van der Waals surface area contributed by atoms with Crippen LogP contribution < -0.4 is 15.0 Å². The second kappa shape index (κ2) is 8.91. The summed E-state index contributed by atoms with van der Waals surface area (Å²) in [5, 5.41) is 2.89. The van der Waals surface area contributed by atoms with E-state index in [2.05, 4.69) is 36.1 Å². The molecule has 1 aromatic carbocycles. The van der Waals surface area contributed by atoms with Crippen molar-refractivity contribution in [1.82, 2.24) is 14.9 Å². The zero-order valence-corrected chi connectivity index (χ0v) is 17.2. The molecule has 8 heteroatoms. The van der Waals surface area contributed by atoms with Crippen LogP contribution in [0.3, 0.4) is 0 Å². The number of hydrogen-bond acceptors (Lipinski definition) is 5. The quantitative estimate of drug-likeness (QED) is 0.634. The van der Waals surface area contributed by atoms with Gasteiger partial charge in [-0.2, -0.15) is 0 Å². The van der Waals surface area contributed by atoms with Gasteiger partial charge in [0.2, 0.25) is 5.88 Å². The summed E-state index contributed by atoms with van der Waals surface area (Å²) in [7, 11) is 0. The Balaban J connectivity index is 1.30. The number of pyridine rings is 2. The lowest BCUT2D eigenvalue weighted by molar-refractivity contribution is 0.208. The van der Waals surface area contributed by atoms with Gasteiger partial charge in [-0.15, -0.1) is 0 Å². The number of anilines is 2. The third-order valence-electron chi connectivity index (χ3n) is 4.55. The average molecular weight is 454 g/mol. The van der Waals surface area contributed by atoms with E-state index in [0.717, 1.165) is 23.4 Å². The van der Waals surface area contributed by atoms with E-state index in [1.807, 2.05) is 42.5 Å². The number of halogens is 1. The van der Waals surface area contributed by atoms with Crippen LogP contribution in [-0.4, -0.2) is 47.1 Å². The van der Waals surface area contributed by atoms with E-state index < -0.39 is 0 Å². The smallest absolute Gasteiger partial charge is 0.322 e. The summed E-state index contributed by atoms with van der Waals surface area (Å²) >= 11 is 3.41. The highest BCUT2D eigenvalue weighted by Gasteiger charge is 2.21. The van der Waals surface area contributed by atoms with E-state index in [-0.39, 0.29) is 6.03 Å². The molecule has 2 amide bonds. The van der Waals surface area contributed by atoms with E-state index >= 15 is 0 Å². The molecule has 2 aromatic heterocycles. The van der Waals surface area contributed by atoms with Gasteiger partial charge in [0.25, 0.3) is 0 Å². The number of carbonyl (C=O) groups is 1. The van der Waals surface area contributed by atoms with E-state index in [9.17, 15) is 4.79 Å². The van der Waals surface area contributed by atoms with Crippen LogP contribution in [0.1, 0.15) is 0 Å². The highest BCUT2D eigenvalue weighted by Crippen LogP contribution is 2.23. The van der Waals surface area contributed by atoms with Crippen LogP contribution in [0.25, 0.3) is 0 Å². The van der Waals surface area contributed by atoms with Gasteiger partial charge in [0, 0.05) is 42.9 Å². The fraction of sp³-hybridized carbons (Fsp3) is 0.190. The number of urea groups is 1. The summed E-state index contributed by atoms with van der Waals surface area (Å²) in [5.41, 5.74) is 0.628. The highest BCUT2D eigenvalue weighted by molar-refractivity contribution is 9.10. The number of nitrogens with zero attached hydrogens (tertiary/aromatic N) is 4. The van der Waals surface area contributed by atoms with Crippen LogP contribution in [0.2, 0.25) is 0 Å². The molecule has 1 fully saturated rings. The van der Waals surface area contributed by atoms with Gasteiger partial charge < -0.3 is 19.9 Å². The number of ether oxygens (including phenoxy) is 1. The molecule has 0 radical (unpaired) electrons. The standard InChI is InChI=1S/C21H20BrN5O2/c22-16-4-3-5-18(14-16)29-20-8-7-17(15-24-20)25-21(28)27-12-10-26(11-13-27)19-6-1-2-9-23-19/h1-9,14-15H,10-13H2,(H,25,28). The van der Waals surface area contributed by atoms with Crippen LogP contribution in [0.4, 0.5) is 16.3 Å². The fourth-order valence-electron chi connectivity index (χ4n) is 3.05. The predicted octanol–water partition coefficient (Wildman–Crippen LogP) is 4.39. The van der Waals surface area contributed by atoms with Crippen molar-refractivity contribution in [3.05, 3.63) is 71.5 Å². The topological polar surface area (TPSA) is 70.6 Å². The predicted molar refractivity (Wildman–Crippen MR) is 115 cm³/mol. The Bertz CT molecular complexity index is 960. The van der Waals surface area contributed by atoms with Crippen LogP contribution >= 0.6 is 15.9 Å². The SMILES string of the molecule is O=C(Nc1ccc(Oc2cccc(Br)c2)nc1)N1CCN(c2ccccn2)CC1. The van der Waals surface area contributed by atoms with Gasteiger partial charge in [0.15, 0.2) is 0 Å². The Labute approximate surface area is 177 Å². The average Bonchev–Trinajstić information content (AvgIpc) is 2.76.